The summed E-state index contributed by atoms with van der Waals surface area (Å²) in [5.41, 5.74) is 5.36. The molecule has 2 saturated heterocycles. The number of hydrogen-bond acceptors (Lipinski definition) is 12. The van der Waals surface area contributed by atoms with E-state index in [1.165, 1.54) is 23.8 Å². The van der Waals surface area contributed by atoms with E-state index in [-0.39, 0.29) is 35.0 Å². The van der Waals surface area contributed by atoms with Crippen LogP contribution in [0, 0.1) is 27.3 Å². The van der Waals surface area contributed by atoms with E-state index in [0.717, 1.165) is 74.5 Å². The molecule has 4 aliphatic rings. The Bertz CT molecular complexity index is 2790. The van der Waals surface area contributed by atoms with Crippen molar-refractivity contribution in [2.45, 2.75) is 50.8 Å². The number of allylic oxidation sites excluding steroid dienone is 1. The maximum Gasteiger partial charge on any atom is 0.293 e. The van der Waals surface area contributed by atoms with E-state index in [2.05, 4.69) is 43.7 Å². The van der Waals surface area contributed by atoms with Gasteiger partial charge in [0.1, 0.15) is 29.4 Å². The first-order chi connectivity index (χ1) is 31.2. The SMILES string of the molecule is CC1(C)CCC(CN2CCN(c3ccc(C(=O)NS(=O)(=O)c4ccc(NCC5CCOCC5)c([N+](=O)[O-])c4)c(N4CCOc5nc6[nH]ccc6cc54)c3)CC2)=C(c2ccc(Cl)cc2F)C1. The van der Waals surface area contributed by atoms with Crippen LogP contribution < -0.4 is 24.6 Å². The van der Waals surface area contributed by atoms with Crippen molar-refractivity contribution in [2.24, 2.45) is 11.3 Å². The molecule has 0 bridgehead atoms. The zero-order valence-electron chi connectivity index (χ0n) is 36.4. The Balaban J connectivity index is 0.978. The number of nitrogens with one attached hydrogen (secondary N) is 3. The van der Waals surface area contributed by atoms with Crippen molar-refractivity contribution >= 4 is 72.6 Å². The molecule has 65 heavy (non-hydrogen) atoms. The number of carbonyl (C=O) groups is 1. The third-order valence-electron chi connectivity index (χ3n) is 13.1. The highest BCUT2D eigenvalue weighted by molar-refractivity contribution is 7.90. The number of pyridine rings is 1. The van der Waals surface area contributed by atoms with Gasteiger partial charge in [-0.3, -0.25) is 19.8 Å². The highest BCUT2D eigenvalue weighted by atomic mass is 35.5. The Morgan fingerprint density at radius 2 is 1.80 bits per heavy atom. The number of fused-ring (bicyclic) bond motifs is 2. The number of carbonyl (C=O) groups excluding carboxylic acids is 1. The van der Waals surface area contributed by atoms with Gasteiger partial charge in [0.05, 0.1) is 27.6 Å². The molecule has 3 aliphatic heterocycles. The molecule has 2 fully saturated rings. The van der Waals surface area contributed by atoms with Gasteiger partial charge in [0.15, 0.2) is 0 Å². The van der Waals surface area contributed by atoms with Crippen molar-refractivity contribution in [1.29, 1.82) is 0 Å². The van der Waals surface area contributed by atoms with E-state index < -0.39 is 31.4 Å². The van der Waals surface area contributed by atoms with Crippen LogP contribution in [0.4, 0.5) is 32.8 Å². The number of benzene rings is 3. The Morgan fingerprint density at radius 1 is 1.00 bits per heavy atom. The smallest absolute Gasteiger partial charge is 0.293 e. The van der Waals surface area contributed by atoms with Crippen molar-refractivity contribution in [2.75, 3.05) is 80.8 Å². The predicted molar refractivity (Wildman–Crippen MR) is 249 cm³/mol. The molecule has 2 aromatic heterocycles. The quantitative estimate of drug-likeness (QED) is 0.0805. The lowest BCUT2D eigenvalue weighted by Crippen LogP contribution is -2.47. The molecule has 1 amide bonds. The summed E-state index contributed by atoms with van der Waals surface area (Å²) in [6.07, 6.45) is 6.09. The molecular formula is C47H52ClFN8O7S. The molecule has 18 heteroatoms. The molecule has 0 spiro atoms. The van der Waals surface area contributed by atoms with E-state index in [1.807, 2.05) is 29.2 Å². The molecule has 0 unspecified atom stereocenters. The molecule has 342 valence electrons. The van der Waals surface area contributed by atoms with Crippen LogP contribution in [0.5, 0.6) is 5.88 Å². The number of anilines is 4. The number of H-pyrrole nitrogens is 1. The van der Waals surface area contributed by atoms with Gasteiger partial charge in [0.2, 0.25) is 5.88 Å². The first kappa shape index (κ1) is 44.5. The molecule has 3 aromatic carbocycles. The van der Waals surface area contributed by atoms with Crippen LogP contribution in [0.1, 0.15) is 61.9 Å². The van der Waals surface area contributed by atoms with Crippen molar-refractivity contribution in [3.8, 4) is 5.88 Å². The minimum absolute atomic E-state index is 0.0494. The van der Waals surface area contributed by atoms with Crippen LogP contribution >= 0.6 is 11.6 Å². The van der Waals surface area contributed by atoms with Gasteiger partial charge < -0.3 is 29.6 Å². The Morgan fingerprint density at radius 3 is 2.57 bits per heavy atom. The summed E-state index contributed by atoms with van der Waals surface area (Å²) in [5, 5.41) is 16.5. The van der Waals surface area contributed by atoms with E-state index in [1.54, 1.807) is 24.4 Å². The maximum absolute atomic E-state index is 15.3. The number of rotatable bonds is 12. The van der Waals surface area contributed by atoms with Gasteiger partial charge in [0.25, 0.3) is 21.6 Å². The summed E-state index contributed by atoms with van der Waals surface area (Å²) < 4.78 is 56.7. The van der Waals surface area contributed by atoms with Gasteiger partial charge in [-0.25, -0.2) is 17.5 Å². The molecular weight excluding hydrogens is 875 g/mol. The van der Waals surface area contributed by atoms with Crippen LogP contribution in [-0.4, -0.2) is 99.8 Å². The summed E-state index contributed by atoms with van der Waals surface area (Å²) in [7, 11) is -4.58. The standard InChI is InChI=1S/C47H52ClFN8O7S/c1-47(2)13-9-32(38(27-47)36-6-3-33(48)24-39(36)49)29-54-15-17-55(18-16-54)34-4-7-37(41(25-34)56-19-22-64-46-43(56)23-31-10-14-50-44(31)52-46)45(58)53-65(61,62)35-5-8-40(42(26-35)57(59)60)51-28-30-11-20-63-21-12-30/h3-8,10,14,23-26,30,51H,9,11-13,15-22,27-29H2,1-2H3,(H,50,52)(H,53,58). The second kappa shape index (κ2) is 18.3. The second-order valence-corrected chi connectivity index (χ2v) is 20.2. The van der Waals surface area contributed by atoms with Gasteiger partial charge in [-0.1, -0.05) is 37.1 Å². The number of nitro benzene ring substituents is 1. The van der Waals surface area contributed by atoms with Crippen molar-refractivity contribution in [3.63, 3.8) is 0 Å². The topological polar surface area (TPSA) is 175 Å². The van der Waals surface area contributed by atoms with Crippen LogP contribution in [-0.2, 0) is 14.8 Å². The molecule has 15 nitrogen and oxygen atoms in total. The van der Waals surface area contributed by atoms with Crippen molar-refractivity contribution in [1.82, 2.24) is 19.6 Å². The normalized spacial score (nSPS) is 18.3. The van der Waals surface area contributed by atoms with Crippen LogP contribution in [0.15, 0.2) is 83.4 Å². The lowest BCUT2D eigenvalue weighted by Gasteiger charge is -2.40. The Hall–Kier alpha value is -5.75. The van der Waals surface area contributed by atoms with Gasteiger partial charge in [-0.15, -0.1) is 0 Å². The first-order valence-corrected chi connectivity index (χ1v) is 23.9. The Labute approximate surface area is 382 Å². The Kier molecular flexibility index (Phi) is 12.5. The number of sulfonamides is 1. The van der Waals surface area contributed by atoms with Crippen LogP contribution in [0.2, 0.25) is 5.02 Å². The molecule has 1 aliphatic carbocycles. The number of ether oxygens (including phenoxy) is 2. The minimum atomic E-state index is -4.58. The number of hydrogen-bond donors (Lipinski definition) is 3. The van der Waals surface area contributed by atoms with Gasteiger partial charge in [-0.2, -0.15) is 4.98 Å². The zero-order valence-corrected chi connectivity index (χ0v) is 37.9. The number of nitrogens with zero attached hydrogens (tertiary/aromatic N) is 5. The molecule has 5 aromatic rings. The number of aromatic amines is 1. The van der Waals surface area contributed by atoms with E-state index in [0.29, 0.717) is 72.9 Å². The number of amides is 1. The van der Waals surface area contributed by atoms with Crippen LogP contribution in [0.25, 0.3) is 16.6 Å². The predicted octanol–water partition coefficient (Wildman–Crippen LogP) is 8.54. The van der Waals surface area contributed by atoms with Crippen molar-refractivity contribution in [3.05, 3.63) is 111 Å². The van der Waals surface area contributed by atoms with Crippen molar-refractivity contribution < 1.29 is 32.0 Å². The van der Waals surface area contributed by atoms with Gasteiger partial charge >= 0.3 is 0 Å². The molecule has 0 atom stereocenters. The first-order valence-electron chi connectivity index (χ1n) is 22.0. The third-order valence-corrected chi connectivity index (χ3v) is 14.6. The molecule has 5 heterocycles. The number of halogens is 2. The lowest BCUT2D eigenvalue weighted by molar-refractivity contribution is -0.384. The van der Waals surface area contributed by atoms with E-state index in [9.17, 15) is 23.3 Å². The monoisotopic (exact) mass is 926 g/mol. The molecule has 9 rings (SSSR count). The fraction of sp³-hybridized carbons (Fsp3) is 0.404. The minimum Gasteiger partial charge on any atom is -0.474 e. The molecule has 0 radical (unpaired) electrons. The summed E-state index contributed by atoms with van der Waals surface area (Å²) >= 11 is 6.13. The average Bonchev–Trinajstić information content (AvgIpc) is 3.75. The summed E-state index contributed by atoms with van der Waals surface area (Å²) in [5.74, 6) is -0.581. The molecule has 3 N–H and O–H groups in total. The second-order valence-electron chi connectivity index (χ2n) is 18.0. The largest absolute Gasteiger partial charge is 0.474 e. The number of aromatic nitrogens is 2. The highest BCUT2D eigenvalue weighted by Gasteiger charge is 2.33. The summed E-state index contributed by atoms with van der Waals surface area (Å²) in [4.78, 5) is 39.7. The average molecular weight is 927 g/mol. The summed E-state index contributed by atoms with van der Waals surface area (Å²) in [6.45, 7) is 10.3. The van der Waals surface area contributed by atoms with Gasteiger partial charge in [0, 0.05) is 86.4 Å². The zero-order chi connectivity index (χ0) is 45.5. The summed E-state index contributed by atoms with van der Waals surface area (Å²) in [6, 6.07) is 17.6. The third kappa shape index (κ3) is 9.64. The fourth-order valence-corrected chi connectivity index (χ4v) is 10.5. The lowest BCUT2D eigenvalue weighted by atomic mass is 9.72. The highest BCUT2D eigenvalue weighted by Crippen LogP contribution is 2.45. The van der Waals surface area contributed by atoms with E-state index >= 15 is 4.39 Å². The number of nitro groups is 1. The van der Waals surface area contributed by atoms with Crippen LogP contribution in [0.3, 0.4) is 0 Å². The maximum atomic E-state index is 15.3. The van der Waals surface area contributed by atoms with E-state index in [4.69, 9.17) is 21.1 Å². The number of piperazine rings is 1. The molecule has 0 saturated carbocycles. The fourth-order valence-electron chi connectivity index (χ4n) is 9.37. The van der Waals surface area contributed by atoms with Gasteiger partial charge in [-0.05, 0) is 104 Å².